The predicted octanol–water partition coefficient (Wildman–Crippen LogP) is 2.45. The van der Waals surface area contributed by atoms with Crippen LogP contribution in [0.5, 0.6) is 5.88 Å². The number of hydrogen-bond donors (Lipinski definition) is 0. The molecule has 20 heavy (non-hydrogen) atoms. The van der Waals surface area contributed by atoms with Gasteiger partial charge in [0.15, 0.2) is 0 Å². The fourth-order valence-electron chi connectivity index (χ4n) is 1.96. The summed E-state index contributed by atoms with van der Waals surface area (Å²) in [4.78, 5) is 19.1. The number of aromatic nitrogens is 1. The number of anilines is 3. The van der Waals surface area contributed by atoms with Crippen LogP contribution in [-0.2, 0) is 4.79 Å². The molecule has 0 saturated heterocycles. The predicted molar refractivity (Wildman–Crippen MR) is 79.8 cm³/mol. The van der Waals surface area contributed by atoms with Crippen molar-refractivity contribution < 1.29 is 9.53 Å². The van der Waals surface area contributed by atoms with E-state index in [0.717, 1.165) is 17.8 Å². The molecule has 0 atom stereocenters. The lowest BCUT2D eigenvalue weighted by atomic mass is 10.2. The van der Waals surface area contributed by atoms with E-state index in [1.54, 1.807) is 30.3 Å². The summed E-state index contributed by atoms with van der Waals surface area (Å²) in [5.74, 6) is 0.469. The molecular formula is C15H17N3O2. The van der Waals surface area contributed by atoms with Crippen LogP contribution in [0.3, 0.4) is 0 Å². The molecule has 0 radical (unpaired) electrons. The van der Waals surface area contributed by atoms with Crippen molar-refractivity contribution in [1.82, 2.24) is 4.98 Å². The summed E-state index contributed by atoms with van der Waals surface area (Å²) < 4.78 is 5.10. The van der Waals surface area contributed by atoms with Gasteiger partial charge in [-0.15, -0.1) is 0 Å². The second-order valence-corrected chi connectivity index (χ2v) is 4.41. The highest BCUT2D eigenvalue weighted by Crippen LogP contribution is 2.33. The minimum atomic E-state index is 0.469. The first-order chi connectivity index (χ1) is 9.67. The molecule has 1 heterocycles. The lowest BCUT2D eigenvalue weighted by molar-refractivity contribution is -0.106. The molecule has 0 aliphatic carbocycles. The van der Waals surface area contributed by atoms with Crippen molar-refractivity contribution in [3.05, 3.63) is 42.6 Å². The van der Waals surface area contributed by atoms with Crippen molar-refractivity contribution in [3.63, 3.8) is 0 Å². The Hall–Kier alpha value is -2.56. The van der Waals surface area contributed by atoms with E-state index in [-0.39, 0.29) is 0 Å². The lowest BCUT2D eigenvalue weighted by Crippen LogP contribution is -2.19. The van der Waals surface area contributed by atoms with Gasteiger partial charge in [-0.2, -0.15) is 0 Å². The van der Waals surface area contributed by atoms with Crippen LogP contribution in [0.15, 0.2) is 42.6 Å². The van der Waals surface area contributed by atoms with Gasteiger partial charge < -0.3 is 9.64 Å². The summed E-state index contributed by atoms with van der Waals surface area (Å²) in [6.45, 7) is 0. The van der Waals surface area contributed by atoms with Crippen LogP contribution in [0.2, 0.25) is 0 Å². The summed E-state index contributed by atoms with van der Waals surface area (Å²) in [5.41, 5.74) is 2.47. The van der Waals surface area contributed by atoms with E-state index >= 15 is 0 Å². The van der Waals surface area contributed by atoms with Crippen molar-refractivity contribution in [2.75, 3.05) is 31.0 Å². The van der Waals surface area contributed by atoms with E-state index < -0.39 is 0 Å². The van der Waals surface area contributed by atoms with Crippen LogP contribution in [0.4, 0.5) is 17.1 Å². The van der Waals surface area contributed by atoms with Gasteiger partial charge in [-0.25, -0.2) is 4.98 Å². The number of benzene rings is 1. The Morgan fingerprint density at radius 3 is 2.45 bits per heavy atom. The van der Waals surface area contributed by atoms with E-state index in [0.29, 0.717) is 11.6 Å². The van der Waals surface area contributed by atoms with Crippen molar-refractivity contribution in [3.8, 4) is 5.88 Å². The average Bonchev–Trinajstić information content (AvgIpc) is 2.48. The van der Waals surface area contributed by atoms with Gasteiger partial charge in [-0.1, -0.05) is 12.1 Å². The van der Waals surface area contributed by atoms with Gasteiger partial charge in [-0.3, -0.25) is 9.69 Å². The van der Waals surface area contributed by atoms with Gasteiger partial charge in [-0.05, 0) is 18.2 Å². The van der Waals surface area contributed by atoms with Crippen LogP contribution in [0.1, 0.15) is 0 Å². The molecule has 0 aliphatic heterocycles. The largest absolute Gasteiger partial charge is 0.481 e. The topological polar surface area (TPSA) is 45.7 Å². The molecule has 5 nitrogen and oxygen atoms in total. The molecule has 0 fully saturated rings. The maximum Gasteiger partial charge on any atom is 0.218 e. The summed E-state index contributed by atoms with van der Waals surface area (Å²) in [7, 11) is 5.43. The number of rotatable bonds is 5. The summed E-state index contributed by atoms with van der Waals surface area (Å²) >= 11 is 0. The fraction of sp³-hybridized carbons (Fsp3) is 0.200. The first kappa shape index (κ1) is 13.9. The molecule has 0 aliphatic rings. The van der Waals surface area contributed by atoms with Crippen LogP contribution in [0.25, 0.3) is 0 Å². The van der Waals surface area contributed by atoms with Crippen LogP contribution in [-0.4, -0.2) is 32.6 Å². The Morgan fingerprint density at radius 2 is 1.85 bits per heavy atom. The van der Waals surface area contributed by atoms with Gasteiger partial charge in [0.2, 0.25) is 12.3 Å². The van der Waals surface area contributed by atoms with Gasteiger partial charge in [0, 0.05) is 26.4 Å². The number of nitrogens with zero attached hydrogens (tertiary/aromatic N) is 3. The second-order valence-electron chi connectivity index (χ2n) is 4.41. The monoisotopic (exact) mass is 271 g/mol. The van der Waals surface area contributed by atoms with Crippen molar-refractivity contribution in [2.45, 2.75) is 0 Å². The first-order valence-electron chi connectivity index (χ1n) is 6.18. The third-order valence-corrected chi connectivity index (χ3v) is 2.93. The zero-order valence-electron chi connectivity index (χ0n) is 11.8. The Balaban J connectivity index is 2.49. The smallest absolute Gasteiger partial charge is 0.218 e. The Kier molecular flexibility index (Phi) is 4.20. The molecule has 0 N–H and O–H groups in total. The van der Waals surface area contributed by atoms with Crippen LogP contribution in [0, 0.1) is 0 Å². The van der Waals surface area contributed by atoms with E-state index in [1.807, 2.05) is 43.3 Å². The molecule has 0 bridgehead atoms. The SMILES string of the molecule is COc1cc(N(C=O)c2ccccc2N(C)C)ccn1. The Labute approximate surface area is 118 Å². The Bertz CT molecular complexity index is 599. The average molecular weight is 271 g/mol. The highest BCUT2D eigenvalue weighted by Gasteiger charge is 2.14. The van der Waals surface area contributed by atoms with Crippen LogP contribution >= 0.6 is 0 Å². The summed E-state index contributed by atoms with van der Waals surface area (Å²) in [6.07, 6.45) is 2.40. The number of methoxy groups -OCH3 is 1. The molecule has 1 aromatic carbocycles. The number of pyridine rings is 1. The van der Waals surface area contributed by atoms with E-state index in [9.17, 15) is 4.79 Å². The molecule has 0 unspecified atom stereocenters. The molecule has 1 aromatic heterocycles. The van der Waals surface area contributed by atoms with Crippen LogP contribution < -0.4 is 14.5 Å². The zero-order valence-corrected chi connectivity index (χ0v) is 11.8. The van der Waals surface area contributed by atoms with Gasteiger partial charge in [0.25, 0.3) is 0 Å². The number of carbonyl (C=O) groups excluding carboxylic acids is 1. The molecule has 2 aromatic rings. The van der Waals surface area contributed by atoms with Gasteiger partial charge in [0.05, 0.1) is 24.2 Å². The number of hydrogen-bond acceptors (Lipinski definition) is 4. The highest BCUT2D eigenvalue weighted by atomic mass is 16.5. The molecule has 104 valence electrons. The summed E-state index contributed by atoms with van der Waals surface area (Å²) in [5, 5.41) is 0. The Morgan fingerprint density at radius 1 is 1.15 bits per heavy atom. The molecule has 0 saturated carbocycles. The van der Waals surface area contributed by atoms with Crippen molar-refractivity contribution in [1.29, 1.82) is 0 Å². The fourth-order valence-corrected chi connectivity index (χ4v) is 1.96. The zero-order chi connectivity index (χ0) is 14.5. The van der Waals surface area contributed by atoms with Gasteiger partial charge in [0.1, 0.15) is 0 Å². The second kappa shape index (κ2) is 6.06. The molecule has 2 rings (SSSR count). The third-order valence-electron chi connectivity index (χ3n) is 2.93. The van der Waals surface area contributed by atoms with E-state index in [4.69, 9.17) is 4.74 Å². The molecule has 1 amide bonds. The number of para-hydroxylation sites is 2. The molecule has 5 heteroatoms. The number of amides is 1. The highest BCUT2D eigenvalue weighted by molar-refractivity contribution is 5.92. The van der Waals surface area contributed by atoms with E-state index in [1.165, 1.54) is 0 Å². The molecule has 0 spiro atoms. The first-order valence-corrected chi connectivity index (χ1v) is 6.18. The number of ether oxygens (including phenoxy) is 1. The minimum absolute atomic E-state index is 0.469. The minimum Gasteiger partial charge on any atom is -0.481 e. The number of carbonyl (C=O) groups is 1. The maximum absolute atomic E-state index is 11.5. The standard InChI is InChI=1S/C15H17N3O2/c1-17(2)13-6-4-5-7-14(13)18(11-19)12-8-9-16-15(10-12)20-3/h4-11H,1-3H3. The quantitative estimate of drug-likeness (QED) is 0.784. The normalized spacial score (nSPS) is 9.95. The lowest BCUT2D eigenvalue weighted by Gasteiger charge is -2.24. The summed E-state index contributed by atoms with van der Waals surface area (Å²) in [6, 6.07) is 11.2. The third kappa shape index (κ3) is 2.71. The molecular weight excluding hydrogens is 254 g/mol. The van der Waals surface area contributed by atoms with Gasteiger partial charge >= 0.3 is 0 Å². The maximum atomic E-state index is 11.5. The van der Waals surface area contributed by atoms with Crippen molar-refractivity contribution in [2.24, 2.45) is 0 Å². The van der Waals surface area contributed by atoms with E-state index in [2.05, 4.69) is 4.98 Å². The van der Waals surface area contributed by atoms with Crippen molar-refractivity contribution >= 4 is 23.5 Å².